The molecule has 0 saturated carbocycles. The smallest absolute Gasteiger partial charge is 0.438 e. The molecular formula is C17H11F3N4O4. The van der Waals surface area contributed by atoms with Gasteiger partial charge < -0.3 is 18.7 Å². The van der Waals surface area contributed by atoms with Crippen molar-refractivity contribution in [1.29, 1.82) is 0 Å². The molecule has 3 aromatic rings. The standard InChI is InChI=1S/C17H11F3N4O4/c18-17(19,20)27-12-3-1-10(2-4-12)14-6-15(24-28-14)26-13-5-11(7-21-8-13)16-23-22-9-25-16/h1-5,7-9,14H,6H2/t14-/m1/s1. The Balaban J connectivity index is 1.39. The second-order valence-electron chi connectivity index (χ2n) is 5.66. The number of halogens is 3. The van der Waals surface area contributed by atoms with Gasteiger partial charge in [-0.2, -0.15) is 0 Å². The third-order valence-corrected chi connectivity index (χ3v) is 3.68. The van der Waals surface area contributed by atoms with Gasteiger partial charge >= 0.3 is 6.36 Å². The molecule has 1 atom stereocenters. The summed E-state index contributed by atoms with van der Waals surface area (Å²) in [4.78, 5) is 9.35. The lowest BCUT2D eigenvalue weighted by atomic mass is 10.1. The molecule has 1 aromatic carbocycles. The molecule has 28 heavy (non-hydrogen) atoms. The van der Waals surface area contributed by atoms with Gasteiger partial charge in [-0.1, -0.05) is 17.3 Å². The minimum atomic E-state index is -4.74. The van der Waals surface area contributed by atoms with Gasteiger partial charge in [-0.05, 0) is 23.8 Å². The summed E-state index contributed by atoms with van der Waals surface area (Å²) < 4.78 is 51.3. The molecule has 0 radical (unpaired) electrons. The SMILES string of the molecule is FC(F)(F)Oc1ccc([C@H]2CC(Oc3cncc(-c4nnco4)c3)=NO2)cc1. The third-order valence-electron chi connectivity index (χ3n) is 3.68. The Bertz CT molecular complexity index is 975. The van der Waals surface area contributed by atoms with Crippen molar-refractivity contribution < 1.29 is 31.9 Å². The number of hydrogen-bond donors (Lipinski definition) is 0. The van der Waals surface area contributed by atoms with Gasteiger partial charge in [0.25, 0.3) is 0 Å². The molecule has 4 rings (SSSR count). The van der Waals surface area contributed by atoms with Crippen LogP contribution in [0, 0.1) is 0 Å². The summed E-state index contributed by atoms with van der Waals surface area (Å²) in [6, 6.07) is 7.02. The molecule has 11 heteroatoms. The van der Waals surface area contributed by atoms with E-state index in [2.05, 4.69) is 25.1 Å². The highest BCUT2D eigenvalue weighted by atomic mass is 19.4. The highest BCUT2D eigenvalue weighted by Crippen LogP contribution is 2.31. The van der Waals surface area contributed by atoms with Gasteiger partial charge in [0, 0.05) is 6.20 Å². The van der Waals surface area contributed by atoms with Crippen LogP contribution in [0.1, 0.15) is 18.1 Å². The van der Waals surface area contributed by atoms with E-state index in [-0.39, 0.29) is 5.75 Å². The fourth-order valence-corrected chi connectivity index (χ4v) is 2.51. The number of ether oxygens (including phenoxy) is 2. The molecule has 3 heterocycles. The zero-order valence-electron chi connectivity index (χ0n) is 14.0. The molecule has 0 N–H and O–H groups in total. The number of aromatic nitrogens is 3. The maximum atomic E-state index is 12.2. The summed E-state index contributed by atoms with van der Waals surface area (Å²) in [5.41, 5.74) is 1.21. The average molecular weight is 392 g/mol. The molecule has 0 fully saturated rings. The van der Waals surface area contributed by atoms with E-state index < -0.39 is 12.5 Å². The predicted molar refractivity (Wildman–Crippen MR) is 87.2 cm³/mol. The minimum Gasteiger partial charge on any atom is -0.438 e. The van der Waals surface area contributed by atoms with Crippen LogP contribution in [0.3, 0.4) is 0 Å². The Morgan fingerprint density at radius 2 is 1.89 bits per heavy atom. The van der Waals surface area contributed by atoms with Crippen molar-refractivity contribution in [3.63, 3.8) is 0 Å². The molecule has 0 unspecified atom stereocenters. The first-order valence-electron chi connectivity index (χ1n) is 7.94. The zero-order valence-corrected chi connectivity index (χ0v) is 14.0. The minimum absolute atomic E-state index is 0.293. The molecule has 2 aromatic heterocycles. The van der Waals surface area contributed by atoms with Crippen LogP contribution in [0.25, 0.3) is 11.5 Å². The lowest BCUT2D eigenvalue weighted by Gasteiger charge is -2.11. The summed E-state index contributed by atoms with van der Waals surface area (Å²) in [7, 11) is 0. The van der Waals surface area contributed by atoms with Crippen molar-refractivity contribution in [3.05, 3.63) is 54.7 Å². The zero-order chi connectivity index (χ0) is 19.6. The summed E-state index contributed by atoms with van der Waals surface area (Å²) in [5, 5.41) is 11.3. The van der Waals surface area contributed by atoms with Gasteiger partial charge in [0.15, 0.2) is 6.10 Å². The van der Waals surface area contributed by atoms with Gasteiger partial charge in [-0.15, -0.1) is 23.4 Å². The number of oxime groups is 1. The van der Waals surface area contributed by atoms with Crippen LogP contribution in [0.2, 0.25) is 0 Å². The second kappa shape index (κ2) is 7.18. The van der Waals surface area contributed by atoms with Crippen LogP contribution >= 0.6 is 0 Å². The van der Waals surface area contributed by atoms with Crippen molar-refractivity contribution in [2.24, 2.45) is 5.16 Å². The molecule has 1 aliphatic rings. The summed E-state index contributed by atoms with van der Waals surface area (Å²) in [6.45, 7) is 0. The van der Waals surface area contributed by atoms with E-state index in [1.54, 1.807) is 12.3 Å². The third kappa shape index (κ3) is 4.19. The molecule has 0 amide bonds. The summed E-state index contributed by atoms with van der Waals surface area (Å²) >= 11 is 0. The first kappa shape index (κ1) is 17.8. The van der Waals surface area contributed by atoms with Gasteiger partial charge in [0.05, 0.1) is 18.2 Å². The molecule has 0 bridgehead atoms. The number of hydrogen-bond acceptors (Lipinski definition) is 8. The van der Waals surface area contributed by atoms with Crippen LogP contribution in [-0.4, -0.2) is 27.4 Å². The predicted octanol–water partition coefficient (Wildman–Crippen LogP) is 3.88. The second-order valence-corrected chi connectivity index (χ2v) is 5.66. The highest BCUT2D eigenvalue weighted by molar-refractivity contribution is 5.80. The monoisotopic (exact) mass is 392 g/mol. The molecular weight excluding hydrogens is 381 g/mol. The van der Waals surface area contributed by atoms with Crippen molar-refractivity contribution in [2.75, 3.05) is 0 Å². The Morgan fingerprint density at radius 3 is 2.61 bits per heavy atom. The lowest BCUT2D eigenvalue weighted by molar-refractivity contribution is -0.274. The fraction of sp³-hybridized carbons (Fsp3) is 0.176. The highest BCUT2D eigenvalue weighted by Gasteiger charge is 2.31. The van der Waals surface area contributed by atoms with Crippen molar-refractivity contribution in [1.82, 2.24) is 15.2 Å². The van der Waals surface area contributed by atoms with E-state index in [0.717, 1.165) is 0 Å². The maximum absolute atomic E-state index is 12.2. The van der Waals surface area contributed by atoms with Gasteiger partial charge in [0.1, 0.15) is 11.5 Å². The Hall–Kier alpha value is -3.63. The van der Waals surface area contributed by atoms with Gasteiger partial charge in [-0.3, -0.25) is 4.98 Å². The van der Waals surface area contributed by atoms with Gasteiger partial charge in [0.2, 0.25) is 18.2 Å². The fourth-order valence-electron chi connectivity index (χ4n) is 2.51. The Morgan fingerprint density at radius 1 is 1.07 bits per heavy atom. The van der Waals surface area contributed by atoms with Crippen molar-refractivity contribution >= 4 is 5.90 Å². The van der Waals surface area contributed by atoms with E-state index >= 15 is 0 Å². The van der Waals surface area contributed by atoms with Crippen molar-refractivity contribution in [3.8, 4) is 23.0 Å². The van der Waals surface area contributed by atoms with Crippen LogP contribution in [0.5, 0.6) is 11.5 Å². The van der Waals surface area contributed by atoms with Crippen molar-refractivity contribution in [2.45, 2.75) is 18.9 Å². The first-order valence-corrected chi connectivity index (χ1v) is 7.94. The Kier molecular flexibility index (Phi) is 4.55. The number of rotatable bonds is 4. The van der Waals surface area contributed by atoms with Crippen LogP contribution in [0.15, 0.2) is 58.7 Å². The van der Waals surface area contributed by atoms with E-state index in [4.69, 9.17) is 14.0 Å². The molecule has 144 valence electrons. The summed E-state index contributed by atoms with van der Waals surface area (Å²) in [6.07, 6.45) is -0.696. The largest absolute Gasteiger partial charge is 0.573 e. The van der Waals surface area contributed by atoms with Gasteiger partial charge in [-0.25, -0.2) is 0 Å². The number of alkyl halides is 3. The number of pyridine rings is 1. The van der Waals surface area contributed by atoms with E-state index in [9.17, 15) is 13.2 Å². The Labute approximate surface area is 155 Å². The topological polar surface area (TPSA) is 91.9 Å². The van der Waals surface area contributed by atoms with Crippen LogP contribution in [0.4, 0.5) is 13.2 Å². The molecule has 0 spiro atoms. The van der Waals surface area contributed by atoms with E-state index in [1.807, 2.05) is 0 Å². The van der Waals surface area contributed by atoms with Crippen LogP contribution in [-0.2, 0) is 4.84 Å². The molecule has 8 nitrogen and oxygen atoms in total. The molecule has 0 aliphatic carbocycles. The summed E-state index contributed by atoms with van der Waals surface area (Å²) in [5.74, 6) is 0.676. The maximum Gasteiger partial charge on any atom is 0.573 e. The normalized spacial score (nSPS) is 16.4. The quantitative estimate of drug-likeness (QED) is 0.665. The molecule has 0 saturated heterocycles. The molecule has 1 aliphatic heterocycles. The van der Waals surface area contributed by atoms with E-state index in [0.29, 0.717) is 35.1 Å². The number of benzene rings is 1. The first-order chi connectivity index (χ1) is 13.5. The lowest BCUT2D eigenvalue weighted by Crippen LogP contribution is -2.17. The number of nitrogens with zero attached hydrogens (tertiary/aromatic N) is 4. The van der Waals surface area contributed by atoms with Crippen LogP contribution < -0.4 is 9.47 Å². The van der Waals surface area contributed by atoms with E-state index in [1.165, 1.54) is 36.9 Å². The average Bonchev–Trinajstić information content (AvgIpc) is 3.33.